The minimum Gasteiger partial charge on any atom is -0.340 e. The second-order valence-corrected chi connectivity index (χ2v) is 5.15. The van der Waals surface area contributed by atoms with Crippen molar-refractivity contribution in [1.82, 2.24) is 9.80 Å². The molecule has 1 saturated heterocycles. The van der Waals surface area contributed by atoms with Crippen molar-refractivity contribution in [1.29, 1.82) is 0 Å². The molecule has 0 aromatic rings. The van der Waals surface area contributed by atoms with E-state index in [-0.39, 0.29) is 0 Å². The predicted octanol–water partition coefficient (Wildman–Crippen LogP) is 0.278. The number of amides is 1. The summed E-state index contributed by atoms with van der Waals surface area (Å²) in [5.74, 6) is 1.07. The number of nitrogens with zero attached hydrogens (tertiary/aromatic N) is 2. The van der Waals surface area contributed by atoms with E-state index < -0.39 is 0 Å². The first-order valence-electron chi connectivity index (χ1n) is 6.42. The second-order valence-electron chi connectivity index (χ2n) is 5.15. The fourth-order valence-corrected chi connectivity index (χ4v) is 2.26. The molecule has 1 unspecified atom stereocenters. The molecule has 4 heteroatoms. The lowest BCUT2D eigenvalue weighted by atomic mass is 10.2. The Morgan fingerprint density at radius 2 is 1.94 bits per heavy atom. The summed E-state index contributed by atoms with van der Waals surface area (Å²) in [7, 11) is 0. The van der Waals surface area contributed by atoms with E-state index in [1.807, 2.05) is 4.90 Å². The van der Waals surface area contributed by atoms with Crippen LogP contribution in [0.15, 0.2) is 0 Å². The number of carbonyl (C=O) groups is 1. The Balaban J connectivity index is 1.73. The maximum Gasteiger partial charge on any atom is 0.222 e. The fourth-order valence-electron chi connectivity index (χ4n) is 2.26. The molecule has 16 heavy (non-hydrogen) atoms. The Labute approximate surface area is 97.8 Å². The first-order chi connectivity index (χ1) is 7.70. The van der Waals surface area contributed by atoms with Gasteiger partial charge in [0.1, 0.15) is 0 Å². The first-order valence-corrected chi connectivity index (χ1v) is 6.42. The molecule has 0 aromatic carbocycles. The number of piperazine rings is 1. The molecule has 2 rings (SSSR count). The number of rotatable bonds is 4. The van der Waals surface area contributed by atoms with Crippen molar-refractivity contribution in [2.45, 2.75) is 32.2 Å². The van der Waals surface area contributed by atoms with Crippen molar-refractivity contribution < 1.29 is 4.79 Å². The Kier molecular flexibility index (Phi) is 3.82. The molecule has 1 aliphatic heterocycles. The van der Waals surface area contributed by atoms with Crippen molar-refractivity contribution >= 4 is 5.91 Å². The molecule has 4 nitrogen and oxygen atoms in total. The smallest absolute Gasteiger partial charge is 0.222 e. The average Bonchev–Trinajstić information content (AvgIpc) is 3.12. The monoisotopic (exact) mass is 225 g/mol. The number of nitrogens with two attached hydrogens (primary N) is 1. The van der Waals surface area contributed by atoms with Crippen LogP contribution in [0, 0.1) is 5.92 Å². The Morgan fingerprint density at radius 3 is 2.44 bits per heavy atom. The van der Waals surface area contributed by atoms with Crippen molar-refractivity contribution in [2.24, 2.45) is 11.7 Å². The lowest BCUT2D eigenvalue weighted by Gasteiger charge is -2.37. The zero-order valence-electron chi connectivity index (χ0n) is 10.2. The largest absolute Gasteiger partial charge is 0.340 e. The molecule has 0 bridgehead atoms. The van der Waals surface area contributed by atoms with E-state index in [0.29, 0.717) is 24.4 Å². The third-order valence-electron chi connectivity index (χ3n) is 3.79. The van der Waals surface area contributed by atoms with Gasteiger partial charge in [-0.15, -0.1) is 0 Å². The third kappa shape index (κ3) is 2.95. The SMILES string of the molecule is CC(CN)N1CCN(C(=O)CC2CC2)CC1. The van der Waals surface area contributed by atoms with E-state index in [2.05, 4.69) is 11.8 Å². The van der Waals surface area contributed by atoms with E-state index in [1.165, 1.54) is 12.8 Å². The second kappa shape index (κ2) is 5.15. The highest BCUT2D eigenvalue weighted by Crippen LogP contribution is 2.32. The van der Waals surface area contributed by atoms with Crippen molar-refractivity contribution in [3.8, 4) is 0 Å². The van der Waals surface area contributed by atoms with Gasteiger partial charge in [0.2, 0.25) is 5.91 Å². The lowest BCUT2D eigenvalue weighted by Crippen LogP contribution is -2.52. The quantitative estimate of drug-likeness (QED) is 0.747. The van der Waals surface area contributed by atoms with Crippen LogP contribution < -0.4 is 5.73 Å². The van der Waals surface area contributed by atoms with Crippen LogP contribution in [-0.4, -0.2) is 54.5 Å². The molecule has 1 saturated carbocycles. The van der Waals surface area contributed by atoms with Gasteiger partial charge in [0.05, 0.1) is 0 Å². The number of hydrogen-bond acceptors (Lipinski definition) is 3. The molecule has 0 aromatic heterocycles. The topological polar surface area (TPSA) is 49.6 Å². The summed E-state index contributed by atoms with van der Waals surface area (Å²) in [6.45, 7) is 6.59. The lowest BCUT2D eigenvalue weighted by molar-refractivity contribution is -0.133. The summed E-state index contributed by atoms with van der Waals surface area (Å²) in [4.78, 5) is 16.3. The highest BCUT2D eigenvalue weighted by atomic mass is 16.2. The van der Waals surface area contributed by atoms with Crippen molar-refractivity contribution in [2.75, 3.05) is 32.7 Å². The third-order valence-corrected chi connectivity index (χ3v) is 3.79. The molecular weight excluding hydrogens is 202 g/mol. The Morgan fingerprint density at radius 1 is 1.31 bits per heavy atom. The van der Waals surface area contributed by atoms with Gasteiger partial charge < -0.3 is 10.6 Å². The van der Waals surface area contributed by atoms with Gasteiger partial charge in [0.25, 0.3) is 0 Å². The number of hydrogen-bond donors (Lipinski definition) is 1. The van der Waals surface area contributed by atoms with Gasteiger partial charge in [-0.25, -0.2) is 0 Å². The van der Waals surface area contributed by atoms with Gasteiger partial charge in [-0.1, -0.05) is 0 Å². The standard InChI is InChI=1S/C12H23N3O/c1-10(9-13)14-4-6-15(7-5-14)12(16)8-11-2-3-11/h10-11H,2-9,13H2,1H3. The van der Waals surface area contributed by atoms with E-state index in [1.54, 1.807) is 0 Å². The summed E-state index contributed by atoms with van der Waals surface area (Å²) in [6, 6.07) is 0.445. The van der Waals surface area contributed by atoms with Crippen LogP contribution in [0.2, 0.25) is 0 Å². The normalized spacial score (nSPS) is 24.5. The van der Waals surface area contributed by atoms with Crippen LogP contribution >= 0.6 is 0 Å². The van der Waals surface area contributed by atoms with Gasteiger partial charge in [0, 0.05) is 45.2 Å². The Hall–Kier alpha value is -0.610. The van der Waals surface area contributed by atoms with Crippen molar-refractivity contribution in [3.05, 3.63) is 0 Å². The molecule has 0 spiro atoms. The zero-order valence-corrected chi connectivity index (χ0v) is 10.2. The maximum absolute atomic E-state index is 11.9. The molecule has 0 radical (unpaired) electrons. The van der Waals surface area contributed by atoms with E-state index in [0.717, 1.165) is 32.6 Å². The minimum absolute atomic E-state index is 0.363. The summed E-state index contributed by atoms with van der Waals surface area (Å²) in [5.41, 5.74) is 5.65. The summed E-state index contributed by atoms with van der Waals surface area (Å²) < 4.78 is 0. The van der Waals surface area contributed by atoms with Crippen LogP contribution in [0.25, 0.3) is 0 Å². The fraction of sp³-hybridized carbons (Fsp3) is 0.917. The maximum atomic E-state index is 11.9. The van der Waals surface area contributed by atoms with E-state index in [9.17, 15) is 4.79 Å². The van der Waals surface area contributed by atoms with Gasteiger partial charge in [-0.05, 0) is 25.7 Å². The molecule has 1 atom stereocenters. The molecule has 2 N–H and O–H groups in total. The highest BCUT2D eigenvalue weighted by molar-refractivity contribution is 5.76. The zero-order chi connectivity index (χ0) is 11.5. The van der Waals surface area contributed by atoms with Crippen LogP contribution in [0.5, 0.6) is 0 Å². The molecular formula is C12H23N3O. The Bertz CT molecular complexity index is 245. The van der Waals surface area contributed by atoms with E-state index in [4.69, 9.17) is 5.73 Å². The molecule has 2 aliphatic rings. The van der Waals surface area contributed by atoms with Gasteiger partial charge >= 0.3 is 0 Å². The average molecular weight is 225 g/mol. The van der Waals surface area contributed by atoms with Crippen LogP contribution in [0.1, 0.15) is 26.2 Å². The summed E-state index contributed by atoms with van der Waals surface area (Å²) in [6.07, 6.45) is 3.30. The molecule has 1 amide bonds. The molecule has 1 heterocycles. The van der Waals surface area contributed by atoms with Gasteiger partial charge in [-0.3, -0.25) is 9.69 Å². The van der Waals surface area contributed by atoms with Crippen LogP contribution in [-0.2, 0) is 4.79 Å². The predicted molar refractivity (Wildman–Crippen MR) is 64.0 cm³/mol. The highest BCUT2D eigenvalue weighted by Gasteiger charge is 2.29. The summed E-state index contributed by atoms with van der Waals surface area (Å²) in [5, 5.41) is 0. The summed E-state index contributed by atoms with van der Waals surface area (Å²) >= 11 is 0. The van der Waals surface area contributed by atoms with E-state index >= 15 is 0 Å². The van der Waals surface area contributed by atoms with Crippen LogP contribution in [0.4, 0.5) is 0 Å². The first kappa shape index (κ1) is 11.9. The van der Waals surface area contributed by atoms with Crippen molar-refractivity contribution in [3.63, 3.8) is 0 Å². The molecule has 92 valence electrons. The molecule has 1 aliphatic carbocycles. The minimum atomic E-state index is 0.363. The molecule has 2 fully saturated rings. The van der Waals surface area contributed by atoms with Crippen LogP contribution in [0.3, 0.4) is 0 Å². The van der Waals surface area contributed by atoms with Gasteiger partial charge in [-0.2, -0.15) is 0 Å². The number of carbonyl (C=O) groups excluding carboxylic acids is 1. The van der Waals surface area contributed by atoms with Gasteiger partial charge in [0.15, 0.2) is 0 Å².